The summed E-state index contributed by atoms with van der Waals surface area (Å²) >= 11 is 0. The summed E-state index contributed by atoms with van der Waals surface area (Å²) in [6.45, 7) is 4.06. The first-order valence-corrected chi connectivity index (χ1v) is 12.9. The number of likely N-dealkylation sites (tertiary alicyclic amines) is 1. The molecule has 1 saturated carbocycles. The van der Waals surface area contributed by atoms with Crippen LogP contribution in [0.3, 0.4) is 0 Å². The molecule has 4 heterocycles. The van der Waals surface area contributed by atoms with Crippen LogP contribution in [0.5, 0.6) is 0 Å². The molecule has 1 saturated heterocycles. The Bertz CT molecular complexity index is 1150. The third-order valence-electron chi connectivity index (χ3n) is 7.05. The summed E-state index contributed by atoms with van der Waals surface area (Å²) in [5.74, 6) is 1.21. The van der Waals surface area contributed by atoms with Gasteiger partial charge in [-0.1, -0.05) is 6.92 Å². The van der Waals surface area contributed by atoms with Crippen molar-refractivity contribution in [2.75, 3.05) is 19.0 Å². The van der Waals surface area contributed by atoms with Gasteiger partial charge in [0.05, 0.1) is 17.0 Å². The van der Waals surface area contributed by atoms with Crippen molar-refractivity contribution in [3.05, 3.63) is 36.3 Å². The van der Waals surface area contributed by atoms with Crippen molar-refractivity contribution in [3.8, 4) is 0 Å². The molecule has 1 aliphatic heterocycles. The summed E-state index contributed by atoms with van der Waals surface area (Å²) in [7, 11) is -3.08. The fourth-order valence-corrected chi connectivity index (χ4v) is 7.46. The summed E-state index contributed by atoms with van der Waals surface area (Å²) in [4.78, 5) is 14.3. The van der Waals surface area contributed by atoms with Gasteiger partial charge < -0.3 is 4.98 Å². The normalized spacial score (nSPS) is 26.4. The number of sulfone groups is 1. The molecule has 2 fully saturated rings. The Morgan fingerprint density at radius 1 is 1.13 bits per heavy atom. The highest BCUT2D eigenvalue weighted by Gasteiger charge is 2.34. The van der Waals surface area contributed by atoms with Crippen molar-refractivity contribution in [3.63, 3.8) is 0 Å². The van der Waals surface area contributed by atoms with Crippen LogP contribution in [0.1, 0.15) is 56.9 Å². The fraction of sp³-hybridized carbons (Fsp3) is 0.565. The molecule has 5 rings (SSSR count). The first-order valence-electron chi connectivity index (χ1n) is 11.2. The van der Waals surface area contributed by atoms with E-state index in [0.717, 1.165) is 67.1 Å². The number of nitrogens with one attached hydrogen (secondary N) is 1. The van der Waals surface area contributed by atoms with Crippen molar-refractivity contribution in [1.82, 2.24) is 19.9 Å². The third kappa shape index (κ3) is 3.73. The van der Waals surface area contributed by atoms with Crippen molar-refractivity contribution >= 4 is 31.8 Å². The number of nitrogens with zero attached hydrogens (tertiary/aromatic N) is 3. The van der Waals surface area contributed by atoms with Crippen LogP contribution in [0.25, 0.3) is 21.9 Å². The second kappa shape index (κ2) is 7.93. The van der Waals surface area contributed by atoms with E-state index < -0.39 is 9.84 Å². The van der Waals surface area contributed by atoms with Gasteiger partial charge in [0.2, 0.25) is 0 Å². The molecular weight excluding hydrogens is 396 g/mol. The summed E-state index contributed by atoms with van der Waals surface area (Å²) in [5, 5.41) is 2.06. The van der Waals surface area contributed by atoms with E-state index in [1.54, 1.807) is 0 Å². The average molecular weight is 427 g/mol. The van der Waals surface area contributed by atoms with Crippen molar-refractivity contribution in [2.45, 2.75) is 56.6 Å². The van der Waals surface area contributed by atoms with Gasteiger partial charge in [-0.25, -0.2) is 13.4 Å². The Balaban J connectivity index is 1.33. The van der Waals surface area contributed by atoms with E-state index in [2.05, 4.69) is 38.9 Å². The van der Waals surface area contributed by atoms with Gasteiger partial charge in [-0.3, -0.25) is 9.88 Å². The van der Waals surface area contributed by atoms with E-state index in [1.165, 1.54) is 12.0 Å². The maximum atomic E-state index is 13.1. The highest BCUT2D eigenvalue weighted by molar-refractivity contribution is 7.91. The topological polar surface area (TPSA) is 79.0 Å². The van der Waals surface area contributed by atoms with Crippen LogP contribution in [0.15, 0.2) is 30.7 Å². The molecule has 6 nitrogen and oxygen atoms in total. The maximum absolute atomic E-state index is 13.1. The minimum absolute atomic E-state index is 0.201. The quantitative estimate of drug-likeness (QED) is 0.675. The lowest BCUT2D eigenvalue weighted by Gasteiger charge is -2.34. The second-order valence-corrected chi connectivity index (χ2v) is 11.5. The number of hydrogen-bond donors (Lipinski definition) is 1. The molecule has 0 amide bonds. The van der Waals surface area contributed by atoms with E-state index in [0.29, 0.717) is 11.8 Å². The summed E-state index contributed by atoms with van der Waals surface area (Å²) < 4.78 is 26.2. The number of aromatic amines is 1. The van der Waals surface area contributed by atoms with E-state index in [4.69, 9.17) is 0 Å². The number of hydrogen-bond acceptors (Lipinski definition) is 5. The van der Waals surface area contributed by atoms with Crippen molar-refractivity contribution in [1.29, 1.82) is 0 Å². The molecule has 0 radical (unpaired) electrons. The van der Waals surface area contributed by atoms with Gasteiger partial charge in [0.15, 0.2) is 9.84 Å². The Hall–Kier alpha value is -1.99. The number of aromatic nitrogens is 3. The molecule has 7 heteroatoms. The van der Waals surface area contributed by atoms with Crippen LogP contribution >= 0.6 is 0 Å². The highest BCUT2D eigenvalue weighted by atomic mass is 32.2. The minimum Gasteiger partial charge on any atom is -0.346 e. The van der Waals surface area contributed by atoms with Gasteiger partial charge in [0.25, 0.3) is 0 Å². The average Bonchev–Trinajstić information content (AvgIpc) is 3.22. The lowest BCUT2D eigenvalue weighted by Crippen LogP contribution is -2.41. The fourth-order valence-electron chi connectivity index (χ4n) is 5.52. The molecule has 30 heavy (non-hydrogen) atoms. The van der Waals surface area contributed by atoms with Crippen LogP contribution in [-0.2, 0) is 9.84 Å². The Morgan fingerprint density at radius 3 is 2.77 bits per heavy atom. The third-order valence-corrected chi connectivity index (χ3v) is 9.26. The van der Waals surface area contributed by atoms with Gasteiger partial charge in [-0.15, -0.1) is 0 Å². The molecule has 3 aromatic heterocycles. The molecule has 0 spiro atoms. The zero-order chi connectivity index (χ0) is 20.7. The minimum atomic E-state index is -3.08. The SMILES string of the molecule is CC1CCCN(CS(=O)(=O)C2CCC(c3ccnc4cnc5[nH]ccc5c34)CC2)C1. The monoisotopic (exact) mass is 426 g/mol. The molecule has 160 valence electrons. The van der Waals surface area contributed by atoms with Gasteiger partial charge in [-0.2, -0.15) is 0 Å². The van der Waals surface area contributed by atoms with E-state index in [-0.39, 0.29) is 11.1 Å². The van der Waals surface area contributed by atoms with E-state index >= 15 is 0 Å². The lowest BCUT2D eigenvalue weighted by molar-refractivity contribution is 0.208. The summed E-state index contributed by atoms with van der Waals surface area (Å²) in [5.41, 5.74) is 3.07. The molecule has 3 aromatic rings. The predicted molar refractivity (Wildman–Crippen MR) is 120 cm³/mol. The first kappa shape index (κ1) is 19.9. The number of H-pyrrole nitrogens is 1. The number of rotatable bonds is 4. The number of pyridine rings is 2. The summed E-state index contributed by atoms with van der Waals surface area (Å²) in [6.07, 6.45) is 11.3. The van der Waals surface area contributed by atoms with Crippen LogP contribution in [-0.4, -0.2) is 52.5 Å². The molecule has 0 aromatic carbocycles. The largest absolute Gasteiger partial charge is 0.346 e. The highest BCUT2D eigenvalue weighted by Crippen LogP contribution is 2.39. The zero-order valence-electron chi connectivity index (χ0n) is 17.5. The number of fused-ring (bicyclic) bond motifs is 3. The molecule has 1 aliphatic carbocycles. The Labute approximate surface area is 178 Å². The first-order chi connectivity index (χ1) is 14.5. The Morgan fingerprint density at radius 2 is 1.97 bits per heavy atom. The van der Waals surface area contributed by atoms with Gasteiger partial charge >= 0.3 is 0 Å². The van der Waals surface area contributed by atoms with Crippen molar-refractivity contribution in [2.24, 2.45) is 5.92 Å². The molecule has 1 atom stereocenters. The molecular formula is C23H30N4O2S. The second-order valence-electron chi connectivity index (χ2n) is 9.25. The lowest BCUT2D eigenvalue weighted by atomic mass is 9.82. The maximum Gasteiger partial charge on any atom is 0.166 e. The zero-order valence-corrected chi connectivity index (χ0v) is 18.4. The van der Waals surface area contributed by atoms with E-state index in [1.807, 2.05) is 18.6 Å². The molecule has 0 bridgehead atoms. The van der Waals surface area contributed by atoms with Gasteiger partial charge in [0, 0.05) is 29.7 Å². The smallest absolute Gasteiger partial charge is 0.166 e. The number of piperidine rings is 1. The van der Waals surface area contributed by atoms with Crippen LogP contribution in [0.4, 0.5) is 0 Å². The molecule has 2 aliphatic rings. The van der Waals surface area contributed by atoms with Crippen LogP contribution < -0.4 is 0 Å². The van der Waals surface area contributed by atoms with Gasteiger partial charge in [-0.05, 0) is 74.6 Å². The summed E-state index contributed by atoms with van der Waals surface area (Å²) in [6, 6.07) is 4.18. The van der Waals surface area contributed by atoms with E-state index in [9.17, 15) is 8.42 Å². The Kier molecular flexibility index (Phi) is 5.27. The van der Waals surface area contributed by atoms with Crippen LogP contribution in [0.2, 0.25) is 0 Å². The van der Waals surface area contributed by atoms with Crippen molar-refractivity contribution < 1.29 is 8.42 Å². The molecule has 1 unspecified atom stereocenters. The van der Waals surface area contributed by atoms with Crippen LogP contribution in [0, 0.1) is 5.92 Å². The van der Waals surface area contributed by atoms with Gasteiger partial charge in [0.1, 0.15) is 11.5 Å². The standard InChI is InChI=1S/C23H30N4O2S/c1-16-3-2-12-27(14-16)15-30(28,29)18-6-4-17(5-7-18)19-8-10-24-21-13-26-23-20(22(19)21)9-11-25-23/h8-11,13,16-18H,2-7,12,14-15H2,1H3,(H,25,26). The molecule has 1 N–H and O–H groups in total. The predicted octanol–water partition coefficient (Wildman–Crippen LogP) is 4.24.